The van der Waals surface area contributed by atoms with Crippen molar-refractivity contribution in [3.05, 3.63) is 53.3 Å². The molecular weight excluding hydrogens is 212 g/mol. The van der Waals surface area contributed by atoms with Crippen LogP contribution in [0, 0.1) is 6.92 Å². The Balaban J connectivity index is 2.13. The molecule has 0 unspecified atom stereocenters. The lowest BCUT2D eigenvalue weighted by Gasteiger charge is -1.97. The highest BCUT2D eigenvalue weighted by atomic mass is 16.2. The summed E-state index contributed by atoms with van der Waals surface area (Å²) >= 11 is 0. The van der Waals surface area contributed by atoms with Crippen molar-refractivity contribution in [2.24, 2.45) is 0 Å². The molecule has 1 amide bonds. The largest absolute Gasteiger partial charge is 0.361 e. The summed E-state index contributed by atoms with van der Waals surface area (Å²) in [7, 11) is 0. The Morgan fingerprint density at radius 2 is 2.00 bits per heavy atom. The molecule has 84 valence electrons. The van der Waals surface area contributed by atoms with Crippen molar-refractivity contribution in [3.63, 3.8) is 0 Å². The van der Waals surface area contributed by atoms with E-state index in [1.165, 1.54) is 0 Å². The van der Waals surface area contributed by atoms with Crippen LogP contribution < -0.4 is 5.32 Å². The van der Waals surface area contributed by atoms with Gasteiger partial charge in [0.25, 0.3) is 5.91 Å². The Labute approximate surface area is 99.2 Å². The van der Waals surface area contributed by atoms with Crippen LogP contribution in [0.4, 0.5) is 5.69 Å². The van der Waals surface area contributed by atoms with Crippen LogP contribution in [0.5, 0.6) is 0 Å². The number of aromatic amines is 1. The van der Waals surface area contributed by atoms with E-state index in [4.69, 9.17) is 0 Å². The van der Waals surface area contributed by atoms with E-state index in [1.54, 1.807) is 0 Å². The second kappa shape index (κ2) is 3.63. The van der Waals surface area contributed by atoms with Crippen molar-refractivity contribution in [1.29, 1.82) is 0 Å². The van der Waals surface area contributed by atoms with Crippen molar-refractivity contribution < 1.29 is 4.79 Å². The minimum absolute atomic E-state index is 0.0415. The van der Waals surface area contributed by atoms with Gasteiger partial charge in [-0.15, -0.1) is 0 Å². The second-order valence-corrected chi connectivity index (χ2v) is 4.13. The van der Waals surface area contributed by atoms with Gasteiger partial charge in [0.1, 0.15) is 0 Å². The Hall–Kier alpha value is -2.29. The van der Waals surface area contributed by atoms with Crippen LogP contribution in [0.1, 0.15) is 16.8 Å². The fourth-order valence-corrected chi connectivity index (χ4v) is 2.04. The number of fused-ring (bicyclic) bond motifs is 1. The Morgan fingerprint density at radius 1 is 1.18 bits per heavy atom. The lowest BCUT2D eigenvalue weighted by atomic mass is 10.1. The third-order valence-electron chi connectivity index (χ3n) is 3.00. The summed E-state index contributed by atoms with van der Waals surface area (Å²) in [6.07, 6.45) is 3.77. The zero-order valence-corrected chi connectivity index (χ0v) is 9.45. The SMILES string of the molecule is Cc1cc[nH]c1/C=C1\C(=O)Nc2ccccc21. The number of para-hydroxylation sites is 1. The van der Waals surface area contributed by atoms with Crippen LogP contribution in [0.25, 0.3) is 11.6 Å². The Kier molecular flexibility index (Phi) is 2.11. The number of aryl methyl sites for hydroxylation is 1. The lowest BCUT2D eigenvalue weighted by molar-refractivity contribution is -0.110. The summed E-state index contributed by atoms with van der Waals surface area (Å²) in [5.74, 6) is -0.0415. The van der Waals surface area contributed by atoms with Crippen molar-refractivity contribution in [2.75, 3.05) is 5.32 Å². The van der Waals surface area contributed by atoms with Gasteiger partial charge in [-0.25, -0.2) is 0 Å². The number of carbonyl (C=O) groups is 1. The van der Waals surface area contributed by atoms with Crippen molar-refractivity contribution in [1.82, 2.24) is 4.98 Å². The molecule has 0 aliphatic carbocycles. The summed E-state index contributed by atoms with van der Waals surface area (Å²) in [6, 6.07) is 9.72. The number of rotatable bonds is 1. The maximum Gasteiger partial charge on any atom is 0.256 e. The predicted octanol–water partition coefficient (Wildman–Crippen LogP) is 2.82. The molecule has 0 saturated carbocycles. The minimum Gasteiger partial charge on any atom is -0.361 e. The van der Waals surface area contributed by atoms with Gasteiger partial charge in [-0.05, 0) is 30.7 Å². The first-order chi connectivity index (χ1) is 8.25. The van der Waals surface area contributed by atoms with Crippen LogP contribution in [-0.4, -0.2) is 10.9 Å². The van der Waals surface area contributed by atoms with E-state index in [0.717, 1.165) is 22.5 Å². The summed E-state index contributed by atoms with van der Waals surface area (Å²) < 4.78 is 0. The smallest absolute Gasteiger partial charge is 0.256 e. The maximum atomic E-state index is 11.9. The molecule has 2 heterocycles. The number of H-pyrrole nitrogens is 1. The molecule has 0 radical (unpaired) electrons. The molecule has 2 N–H and O–H groups in total. The molecule has 2 aromatic rings. The molecule has 0 fully saturated rings. The summed E-state index contributed by atoms with van der Waals surface area (Å²) in [4.78, 5) is 15.0. The number of aromatic nitrogens is 1. The standard InChI is InChI=1S/C14H12N2O/c1-9-6-7-15-13(9)8-11-10-4-2-3-5-12(10)16-14(11)17/h2-8,15H,1H3,(H,16,17)/b11-8-. The van der Waals surface area contributed by atoms with Crippen molar-refractivity contribution in [3.8, 4) is 0 Å². The zero-order valence-electron chi connectivity index (χ0n) is 9.45. The van der Waals surface area contributed by atoms with Gasteiger partial charge in [-0.1, -0.05) is 18.2 Å². The second-order valence-electron chi connectivity index (χ2n) is 4.13. The van der Waals surface area contributed by atoms with Gasteiger partial charge in [0.15, 0.2) is 0 Å². The van der Waals surface area contributed by atoms with E-state index < -0.39 is 0 Å². The van der Waals surface area contributed by atoms with E-state index in [0.29, 0.717) is 5.57 Å². The average molecular weight is 224 g/mol. The molecule has 0 saturated heterocycles. The first kappa shape index (κ1) is 9.90. The van der Waals surface area contributed by atoms with Crippen LogP contribution in [0.15, 0.2) is 36.5 Å². The van der Waals surface area contributed by atoms with Crippen LogP contribution in [-0.2, 0) is 4.79 Å². The molecule has 0 bridgehead atoms. The molecular formula is C14H12N2O. The maximum absolute atomic E-state index is 11.9. The van der Waals surface area contributed by atoms with E-state index in [2.05, 4.69) is 10.3 Å². The average Bonchev–Trinajstić information content (AvgIpc) is 2.85. The number of nitrogens with one attached hydrogen (secondary N) is 2. The van der Waals surface area contributed by atoms with E-state index >= 15 is 0 Å². The van der Waals surface area contributed by atoms with Gasteiger partial charge in [0, 0.05) is 23.1 Å². The molecule has 0 atom stereocenters. The van der Waals surface area contributed by atoms with Gasteiger partial charge in [-0.3, -0.25) is 4.79 Å². The van der Waals surface area contributed by atoms with Gasteiger partial charge in [0.2, 0.25) is 0 Å². The van der Waals surface area contributed by atoms with Gasteiger partial charge >= 0.3 is 0 Å². The van der Waals surface area contributed by atoms with Crippen LogP contribution >= 0.6 is 0 Å². The minimum atomic E-state index is -0.0415. The zero-order chi connectivity index (χ0) is 11.8. The third-order valence-corrected chi connectivity index (χ3v) is 3.00. The van der Waals surface area contributed by atoms with Crippen LogP contribution in [0.3, 0.4) is 0 Å². The number of carbonyl (C=O) groups excluding carboxylic acids is 1. The number of hydrogen-bond donors (Lipinski definition) is 2. The highest BCUT2D eigenvalue weighted by molar-refractivity contribution is 6.34. The topological polar surface area (TPSA) is 44.9 Å². The van der Waals surface area contributed by atoms with Crippen molar-refractivity contribution >= 4 is 23.2 Å². The molecule has 1 aromatic heterocycles. The Bertz CT molecular complexity index is 623. The fourth-order valence-electron chi connectivity index (χ4n) is 2.04. The fraction of sp³-hybridized carbons (Fsp3) is 0.0714. The van der Waals surface area contributed by atoms with Crippen LogP contribution in [0.2, 0.25) is 0 Å². The first-order valence-electron chi connectivity index (χ1n) is 5.52. The third kappa shape index (κ3) is 1.56. The normalized spacial score (nSPS) is 16.1. The molecule has 0 spiro atoms. The first-order valence-corrected chi connectivity index (χ1v) is 5.52. The molecule has 1 aliphatic heterocycles. The van der Waals surface area contributed by atoms with E-state index in [-0.39, 0.29) is 5.91 Å². The molecule has 1 aromatic carbocycles. The van der Waals surface area contributed by atoms with E-state index in [1.807, 2.05) is 49.5 Å². The van der Waals surface area contributed by atoms with Crippen molar-refractivity contribution in [2.45, 2.75) is 6.92 Å². The quantitative estimate of drug-likeness (QED) is 0.719. The molecule has 1 aliphatic rings. The van der Waals surface area contributed by atoms with Gasteiger partial charge in [0.05, 0.1) is 5.57 Å². The Morgan fingerprint density at radius 3 is 2.76 bits per heavy atom. The van der Waals surface area contributed by atoms with Gasteiger partial charge in [-0.2, -0.15) is 0 Å². The summed E-state index contributed by atoms with van der Waals surface area (Å²) in [5, 5.41) is 2.86. The summed E-state index contributed by atoms with van der Waals surface area (Å²) in [5.41, 5.74) is 4.67. The highest BCUT2D eigenvalue weighted by Crippen LogP contribution is 2.32. The number of hydrogen-bond acceptors (Lipinski definition) is 1. The van der Waals surface area contributed by atoms with E-state index in [9.17, 15) is 4.79 Å². The summed E-state index contributed by atoms with van der Waals surface area (Å²) in [6.45, 7) is 2.02. The number of amides is 1. The molecule has 3 heteroatoms. The molecule has 3 nitrogen and oxygen atoms in total. The monoisotopic (exact) mass is 224 g/mol. The predicted molar refractivity (Wildman–Crippen MR) is 68.5 cm³/mol. The highest BCUT2D eigenvalue weighted by Gasteiger charge is 2.23. The lowest BCUT2D eigenvalue weighted by Crippen LogP contribution is -2.03. The number of benzene rings is 1. The molecule has 3 rings (SSSR count). The number of anilines is 1. The molecule has 17 heavy (non-hydrogen) atoms. The van der Waals surface area contributed by atoms with Gasteiger partial charge < -0.3 is 10.3 Å².